The molecule has 6 heteroatoms. The molecular weight excluding hydrogens is 222 g/mol. The number of halogens is 3. The summed E-state index contributed by atoms with van der Waals surface area (Å²) in [6.45, 7) is 0. The minimum absolute atomic E-state index is 0. The van der Waals surface area contributed by atoms with Gasteiger partial charge in [0.05, 0.1) is 0 Å². The molecule has 1 heterocycles. The van der Waals surface area contributed by atoms with E-state index in [-0.39, 0.29) is 37.2 Å². The molecule has 0 fully saturated rings. The van der Waals surface area contributed by atoms with E-state index < -0.39 is 5.91 Å². The summed E-state index contributed by atoms with van der Waals surface area (Å²) in [6, 6.07) is 3.14. The third kappa shape index (κ3) is 5.18. The first kappa shape index (κ1) is 17.5. The highest BCUT2D eigenvalue weighted by Gasteiger charge is 1.94. The molecule has 1 rings (SSSR count). The van der Waals surface area contributed by atoms with Crippen molar-refractivity contribution in [2.75, 3.05) is 0 Å². The van der Waals surface area contributed by atoms with Gasteiger partial charge in [0.1, 0.15) is 0 Å². The minimum Gasteiger partial charge on any atom is -0.366 e. The van der Waals surface area contributed by atoms with Gasteiger partial charge in [-0.1, -0.05) is 0 Å². The lowest BCUT2D eigenvalue weighted by molar-refractivity contribution is 0.1000. The summed E-state index contributed by atoms with van der Waals surface area (Å²) < 4.78 is 0. The van der Waals surface area contributed by atoms with E-state index in [0.29, 0.717) is 5.56 Å². The molecule has 0 aliphatic carbocycles. The number of aromatic nitrogens is 1. The number of carbonyl (C=O) groups is 1. The lowest BCUT2D eigenvalue weighted by Crippen LogP contribution is -2.10. The summed E-state index contributed by atoms with van der Waals surface area (Å²) in [5, 5.41) is 0. The number of hydrogen-bond donors (Lipinski definition) is 1. The van der Waals surface area contributed by atoms with Gasteiger partial charge in [-0.3, -0.25) is 9.78 Å². The Hall–Kier alpha value is -0.510. The van der Waals surface area contributed by atoms with Crippen molar-refractivity contribution >= 4 is 43.1 Å². The highest BCUT2D eigenvalue weighted by molar-refractivity contribution is 5.92. The molecule has 1 amide bonds. The Morgan fingerprint density at radius 2 is 1.58 bits per heavy atom. The Labute approximate surface area is 89.0 Å². The number of carbonyl (C=O) groups excluding carboxylic acids is 1. The smallest absolute Gasteiger partial charge is 0.248 e. The van der Waals surface area contributed by atoms with Crippen molar-refractivity contribution in [2.24, 2.45) is 5.73 Å². The second-order valence-electron chi connectivity index (χ2n) is 1.60. The number of nitrogens with two attached hydrogens (primary N) is 1. The summed E-state index contributed by atoms with van der Waals surface area (Å²) in [5.74, 6) is -0.419. The van der Waals surface area contributed by atoms with E-state index in [4.69, 9.17) is 5.73 Å². The Morgan fingerprint density at radius 3 is 1.83 bits per heavy atom. The summed E-state index contributed by atoms with van der Waals surface area (Å²) in [6.07, 6.45) is 3.06. The van der Waals surface area contributed by atoms with E-state index in [1.165, 1.54) is 12.4 Å². The largest absolute Gasteiger partial charge is 0.366 e. The van der Waals surface area contributed by atoms with Gasteiger partial charge in [0.2, 0.25) is 5.91 Å². The molecular formula is C6H9Cl3N2O. The summed E-state index contributed by atoms with van der Waals surface area (Å²) in [4.78, 5) is 14.1. The number of pyridine rings is 1. The van der Waals surface area contributed by atoms with Crippen molar-refractivity contribution in [2.45, 2.75) is 0 Å². The van der Waals surface area contributed by atoms with Gasteiger partial charge in [0.15, 0.2) is 0 Å². The van der Waals surface area contributed by atoms with Crippen molar-refractivity contribution in [1.29, 1.82) is 0 Å². The van der Waals surface area contributed by atoms with E-state index in [1.807, 2.05) is 0 Å². The van der Waals surface area contributed by atoms with Gasteiger partial charge >= 0.3 is 0 Å². The molecule has 0 atom stereocenters. The first-order valence-corrected chi connectivity index (χ1v) is 2.50. The van der Waals surface area contributed by atoms with E-state index >= 15 is 0 Å². The molecule has 0 saturated carbocycles. The second-order valence-corrected chi connectivity index (χ2v) is 1.60. The molecule has 0 radical (unpaired) electrons. The van der Waals surface area contributed by atoms with Crippen molar-refractivity contribution < 1.29 is 4.79 Å². The van der Waals surface area contributed by atoms with Crippen molar-refractivity contribution in [3.8, 4) is 0 Å². The van der Waals surface area contributed by atoms with E-state index in [2.05, 4.69) is 4.98 Å². The van der Waals surface area contributed by atoms with Crippen LogP contribution in [-0.2, 0) is 0 Å². The van der Waals surface area contributed by atoms with Crippen LogP contribution in [0.2, 0.25) is 0 Å². The standard InChI is InChI=1S/C6H6N2O.3ClH/c7-6(9)5-1-3-8-4-2-5;;;/h1-4H,(H2,7,9);3*1H. The zero-order valence-electron chi connectivity index (χ0n) is 5.97. The van der Waals surface area contributed by atoms with Gasteiger partial charge < -0.3 is 5.73 Å². The maximum atomic E-state index is 10.4. The fraction of sp³-hybridized carbons (Fsp3) is 0. The summed E-state index contributed by atoms with van der Waals surface area (Å²) in [7, 11) is 0. The number of rotatable bonds is 1. The average molecular weight is 232 g/mol. The average Bonchev–Trinajstić information content (AvgIpc) is 1.90. The predicted octanol–water partition coefficient (Wildman–Crippen LogP) is 1.45. The van der Waals surface area contributed by atoms with Gasteiger partial charge in [-0.25, -0.2) is 0 Å². The second kappa shape index (κ2) is 8.59. The monoisotopic (exact) mass is 230 g/mol. The van der Waals surface area contributed by atoms with E-state index in [9.17, 15) is 4.79 Å². The van der Waals surface area contributed by atoms with Gasteiger partial charge in [0.25, 0.3) is 0 Å². The Balaban J connectivity index is -0.000000270. The lowest BCUT2D eigenvalue weighted by atomic mass is 10.3. The van der Waals surface area contributed by atoms with Crippen LogP contribution < -0.4 is 5.73 Å². The fourth-order valence-electron chi connectivity index (χ4n) is 0.516. The van der Waals surface area contributed by atoms with Crippen LogP contribution in [0.1, 0.15) is 10.4 Å². The Kier molecular flexibility index (Phi) is 12.5. The minimum atomic E-state index is -0.419. The highest BCUT2D eigenvalue weighted by atomic mass is 35.5. The lowest BCUT2D eigenvalue weighted by Gasteiger charge is -1.88. The SMILES string of the molecule is Cl.Cl.Cl.NC(=O)c1ccncc1. The molecule has 0 aromatic carbocycles. The van der Waals surface area contributed by atoms with Crippen LogP contribution in [0.25, 0.3) is 0 Å². The molecule has 0 aliphatic heterocycles. The van der Waals surface area contributed by atoms with Crippen LogP contribution in [0.15, 0.2) is 24.5 Å². The molecule has 1 aromatic heterocycles. The fourth-order valence-corrected chi connectivity index (χ4v) is 0.516. The first-order valence-electron chi connectivity index (χ1n) is 2.50. The number of nitrogens with zero attached hydrogens (tertiary/aromatic N) is 1. The van der Waals surface area contributed by atoms with E-state index in [0.717, 1.165) is 0 Å². The molecule has 0 spiro atoms. The topological polar surface area (TPSA) is 56.0 Å². The molecule has 2 N–H and O–H groups in total. The molecule has 70 valence electrons. The van der Waals surface area contributed by atoms with Crippen LogP contribution in [-0.4, -0.2) is 10.9 Å². The molecule has 0 saturated heterocycles. The van der Waals surface area contributed by atoms with Gasteiger partial charge in [0, 0.05) is 18.0 Å². The molecule has 1 aromatic rings. The van der Waals surface area contributed by atoms with Crippen LogP contribution in [0.3, 0.4) is 0 Å². The Bertz CT molecular complexity index is 217. The van der Waals surface area contributed by atoms with Crippen LogP contribution in [0, 0.1) is 0 Å². The van der Waals surface area contributed by atoms with Crippen molar-refractivity contribution in [3.05, 3.63) is 30.1 Å². The molecule has 0 bridgehead atoms. The Morgan fingerprint density at radius 1 is 1.17 bits per heavy atom. The van der Waals surface area contributed by atoms with E-state index in [1.54, 1.807) is 12.1 Å². The van der Waals surface area contributed by atoms with Gasteiger partial charge in [-0.05, 0) is 12.1 Å². The highest BCUT2D eigenvalue weighted by Crippen LogP contribution is 1.91. The van der Waals surface area contributed by atoms with Crippen molar-refractivity contribution in [3.63, 3.8) is 0 Å². The zero-order chi connectivity index (χ0) is 6.69. The molecule has 3 nitrogen and oxygen atoms in total. The maximum absolute atomic E-state index is 10.4. The van der Waals surface area contributed by atoms with Crippen LogP contribution >= 0.6 is 37.2 Å². The molecule has 0 unspecified atom stereocenters. The predicted molar refractivity (Wildman–Crippen MR) is 54.5 cm³/mol. The molecule has 0 aliphatic rings. The van der Waals surface area contributed by atoms with Crippen molar-refractivity contribution in [1.82, 2.24) is 4.98 Å². The molecule has 12 heavy (non-hydrogen) atoms. The number of hydrogen-bond acceptors (Lipinski definition) is 2. The van der Waals surface area contributed by atoms with Crippen LogP contribution in [0.5, 0.6) is 0 Å². The third-order valence-corrected chi connectivity index (χ3v) is 0.965. The normalized spacial score (nSPS) is 6.67. The first-order chi connectivity index (χ1) is 4.30. The quantitative estimate of drug-likeness (QED) is 0.795. The van der Waals surface area contributed by atoms with Gasteiger partial charge in [-0.15, -0.1) is 37.2 Å². The summed E-state index contributed by atoms with van der Waals surface area (Å²) >= 11 is 0. The van der Waals surface area contributed by atoms with Gasteiger partial charge in [-0.2, -0.15) is 0 Å². The maximum Gasteiger partial charge on any atom is 0.248 e. The summed E-state index contributed by atoms with van der Waals surface area (Å²) in [5.41, 5.74) is 5.44. The number of primary amides is 1. The zero-order valence-corrected chi connectivity index (χ0v) is 8.42. The van der Waals surface area contributed by atoms with Crippen LogP contribution in [0.4, 0.5) is 0 Å². The number of amides is 1. The third-order valence-electron chi connectivity index (χ3n) is 0.965.